The first-order valence-electron chi connectivity index (χ1n) is 4.35. The van der Waals surface area contributed by atoms with E-state index in [1.54, 1.807) is 17.1 Å². The fourth-order valence-corrected chi connectivity index (χ4v) is 1.62. The van der Waals surface area contributed by atoms with E-state index in [9.17, 15) is 4.79 Å². The Morgan fingerprint density at radius 3 is 3.07 bits per heavy atom. The molecule has 2 rings (SSSR count). The maximum Gasteiger partial charge on any atom is 0.305 e. The topological polar surface area (TPSA) is 68.0 Å². The first-order valence-corrected chi connectivity index (χ1v) is 5.14. The van der Waals surface area contributed by atoms with Gasteiger partial charge in [0.05, 0.1) is 12.7 Å². The molecule has 0 saturated carbocycles. The number of aryl methyl sites for hydroxylation is 1. The third-order valence-corrected chi connectivity index (χ3v) is 2.42. The van der Waals surface area contributed by atoms with Gasteiger partial charge in [0, 0.05) is 17.2 Å². The van der Waals surface area contributed by atoms with Gasteiger partial charge in [-0.15, -0.1) is 0 Å². The number of nitrogens with zero attached hydrogens (tertiary/aromatic N) is 3. The van der Waals surface area contributed by atoms with Crippen LogP contribution in [0.1, 0.15) is 6.42 Å². The highest BCUT2D eigenvalue weighted by molar-refractivity contribution is 9.10. The molecular weight excluding hydrogens is 262 g/mol. The van der Waals surface area contributed by atoms with E-state index in [-0.39, 0.29) is 6.42 Å². The molecule has 0 saturated heterocycles. The Morgan fingerprint density at radius 2 is 2.33 bits per heavy atom. The number of aromatic nitrogens is 3. The molecule has 0 fully saturated rings. The largest absolute Gasteiger partial charge is 0.481 e. The number of carboxylic acid groups (broad SMARTS) is 1. The summed E-state index contributed by atoms with van der Waals surface area (Å²) in [6, 6.07) is 1.85. The van der Waals surface area contributed by atoms with Crippen molar-refractivity contribution in [3.63, 3.8) is 0 Å². The van der Waals surface area contributed by atoms with E-state index in [0.717, 1.165) is 9.99 Å². The van der Waals surface area contributed by atoms with E-state index >= 15 is 0 Å². The summed E-state index contributed by atoms with van der Waals surface area (Å²) in [6.07, 6.45) is 3.34. The molecule has 78 valence electrons. The van der Waals surface area contributed by atoms with Gasteiger partial charge in [-0.3, -0.25) is 4.79 Å². The molecule has 5 nitrogen and oxygen atoms in total. The van der Waals surface area contributed by atoms with E-state index in [2.05, 4.69) is 25.9 Å². The number of hydrogen-bond donors (Lipinski definition) is 1. The molecule has 6 heteroatoms. The molecule has 0 spiro atoms. The van der Waals surface area contributed by atoms with Gasteiger partial charge in [0.1, 0.15) is 5.52 Å². The SMILES string of the molecule is O=C(O)CCn1cnc2cc(Br)cnc21. The number of halogens is 1. The second-order valence-corrected chi connectivity index (χ2v) is 3.99. The van der Waals surface area contributed by atoms with Crippen LogP contribution in [0.3, 0.4) is 0 Å². The van der Waals surface area contributed by atoms with Crippen molar-refractivity contribution in [2.24, 2.45) is 0 Å². The average molecular weight is 270 g/mol. The lowest BCUT2D eigenvalue weighted by Gasteiger charge is -2.00. The van der Waals surface area contributed by atoms with E-state index in [1.165, 1.54) is 0 Å². The zero-order valence-electron chi connectivity index (χ0n) is 7.72. The Hall–Kier alpha value is -1.43. The van der Waals surface area contributed by atoms with Crippen LogP contribution >= 0.6 is 15.9 Å². The Labute approximate surface area is 93.9 Å². The first-order chi connectivity index (χ1) is 7.16. The lowest BCUT2D eigenvalue weighted by Crippen LogP contribution is -2.03. The van der Waals surface area contributed by atoms with Gasteiger partial charge in [-0.25, -0.2) is 9.97 Å². The summed E-state index contributed by atoms with van der Waals surface area (Å²) in [7, 11) is 0. The summed E-state index contributed by atoms with van der Waals surface area (Å²) in [5.74, 6) is -0.825. The van der Waals surface area contributed by atoms with Gasteiger partial charge in [0.15, 0.2) is 5.65 Å². The average Bonchev–Trinajstić information content (AvgIpc) is 2.57. The third kappa shape index (κ3) is 2.15. The number of pyridine rings is 1. The van der Waals surface area contributed by atoms with Gasteiger partial charge in [-0.05, 0) is 22.0 Å². The van der Waals surface area contributed by atoms with Crippen molar-refractivity contribution in [3.8, 4) is 0 Å². The molecule has 0 aromatic carbocycles. The van der Waals surface area contributed by atoms with Gasteiger partial charge < -0.3 is 9.67 Å². The molecule has 0 aliphatic carbocycles. The molecule has 0 unspecified atom stereocenters. The number of aliphatic carboxylic acids is 1. The van der Waals surface area contributed by atoms with Crippen molar-refractivity contribution >= 4 is 33.1 Å². The number of carboxylic acids is 1. The molecule has 0 atom stereocenters. The molecule has 0 amide bonds. The highest BCUT2D eigenvalue weighted by atomic mass is 79.9. The Balaban J connectivity index is 2.32. The van der Waals surface area contributed by atoms with Gasteiger partial charge in [-0.1, -0.05) is 0 Å². The second kappa shape index (κ2) is 3.98. The molecule has 2 aromatic heterocycles. The predicted octanol–water partition coefficient (Wildman–Crippen LogP) is 1.67. The van der Waals surface area contributed by atoms with Crippen LogP contribution in [-0.4, -0.2) is 25.6 Å². The molecular formula is C9H8BrN3O2. The maximum absolute atomic E-state index is 10.4. The van der Waals surface area contributed by atoms with E-state index in [0.29, 0.717) is 12.2 Å². The number of carbonyl (C=O) groups is 1. The van der Waals surface area contributed by atoms with Crippen molar-refractivity contribution in [2.75, 3.05) is 0 Å². The highest BCUT2D eigenvalue weighted by Crippen LogP contribution is 2.15. The molecule has 15 heavy (non-hydrogen) atoms. The lowest BCUT2D eigenvalue weighted by atomic mass is 10.4. The van der Waals surface area contributed by atoms with Crippen molar-refractivity contribution in [1.82, 2.24) is 14.5 Å². The summed E-state index contributed by atoms with van der Waals surface area (Å²) in [5, 5.41) is 8.57. The number of hydrogen-bond acceptors (Lipinski definition) is 3. The first kappa shape index (κ1) is 10.1. The van der Waals surface area contributed by atoms with Crippen molar-refractivity contribution in [2.45, 2.75) is 13.0 Å². The van der Waals surface area contributed by atoms with Crippen LogP contribution in [0.15, 0.2) is 23.1 Å². The minimum Gasteiger partial charge on any atom is -0.481 e. The van der Waals surface area contributed by atoms with Crippen LogP contribution in [0.25, 0.3) is 11.2 Å². The zero-order valence-corrected chi connectivity index (χ0v) is 9.31. The monoisotopic (exact) mass is 269 g/mol. The van der Waals surface area contributed by atoms with Crippen LogP contribution in [0.5, 0.6) is 0 Å². The molecule has 0 radical (unpaired) electrons. The van der Waals surface area contributed by atoms with Crippen LogP contribution in [-0.2, 0) is 11.3 Å². The third-order valence-electron chi connectivity index (χ3n) is 1.99. The van der Waals surface area contributed by atoms with E-state index < -0.39 is 5.97 Å². The number of imidazole rings is 1. The predicted molar refractivity (Wildman–Crippen MR) is 57.5 cm³/mol. The number of rotatable bonds is 3. The van der Waals surface area contributed by atoms with E-state index in [1.807, 2.05) is 6.07 Å². The summed E-state index contributed by atoms with van der Waals surface area (Å²) in [6.45, 7) is 0.389. The number of fused-ring (bicyclic) bond motifs is 1. The smallest absolute Gasteiger partial charge is 0.305 e. The standard InChI is InChI=1S/C9H8BrN3O2/c10-6-3-7-9(11-4-6)13(5-12-7)2-1-8(14)15/h3-5H,1-2H2,(H,14,15). The van der Waals surface area contributed by atoms with Crippen LogP contribution in [0, 0.1) is 0 Å². The molecule has 0 aliphatic heterocycles. The molecule has 2 aromatic rings. The Morgan fingerprint density at radius 1 is 1.53 bits per heavy atom. The van der Waals surface area contributed by atoms with Crippen LogP contribution in [0.2, 0.25) is 0 Å². The Bertz CT molecular complexity index is 509. The van der Waals surface area contributed by atoms with Crippen molar-refractivity contribution in [3.05, 3.63) is 23.1 Å². The zero-order chi connectivity index (χ0) is 10.8. The molecule has 2 heterocycles. The normalized spacial score (nSPS) is 10.7. The Kier molecular flexibility index (Phi) is 2.68. The van der Waals surface area contributed by atoms with Crippen molar-refractivity contribution < 1.29 is 9.90 Å². The van der Waals surface area contributed by atoms with Gasteiger partial charge in [0.25, 0.3) is 0 Å². The summed E-state index contributed by atoms with van der Waals surface area (Å²) in [4.78, 5) is 18.7. The summed E-state index contributed by atoms with van der Waals surface area (Å²) < 4.78 is 2.59. The minimum absolute atomic E-state index is 0.0726. The van der Waals surface area contributed by atoms with E-state index in [4.69, 9.17) is 5.11 Å². The maximum atomic E-state index is 10.4. The fourth-order valence-electron chi connectivity index (χ4n) is 1.30. The van der Waals surface area contributed by atoms with Crippen LogP contribution < -0.4 is 0 Å². The minimum atomic E-state index is -0.825. The summed E-state index contributed by atoms with van der Waals surface area (Å²) >= 11 is 3.30. The molecule has 0 bridgehead atoms. The summed E-state index contributed by atoms with van der Waals surface area (Å²) in [5.41, 5.74) is 1.47. The highest BCUT2D eigenvalue weighted by Gasteiger charge is 2.05. The fraction of sp³-hybridized carbons (Fsp3) is 0.222. The van der Waals surface area contributed by atoms with Gasteiger partial charge >= 0.3 is 5.97 Å². The molecule has 0 aliphatic rings. The second-order valence-electron chi connectivity index (χ2n) is 3.08. The van der Waals surface area contributed by atoms with Crippen LogP contribution in [0.4, 0.5) is 0 Å². The lowest BCUT2D eigenvalue weighted by molar-refractivity contribution is -0.137. The molecule has 1 N–H and O–H groups in total. The quantitative estimate of drug-likeness (QED) is 0.921. The van der Waals surface area contributed by atoms with Crippen molar-refractivity contribution in [1.29, 1.82) is 0 Å². The van der Waals surface area contributed by atoms with Gasteiger partial charge in [-0.2, -0.15) is 0 Å². The van der Waals surface area contributed by atoms with Gasteiger partial charge in [0.2, 0.25) is 0 Å².